The summed E-state index contributed by atoms with van der Waals surface area (Å²) in [5.74, 6) is 1.62. The predicted octanol–water partition coefficient (Wildman–Crippen LogP) is 3.39. The van der Waals surface area contributed by atoms with Gasteiger partial charge in [-0.3, -0.25) is 4.90 Å². The molecular formula is C18H30N2O. The lowest BCUT2D eigenvalue weighted by atomic mass is 9.89. The van der Waals surface area contributed by atoms with Gasteiger partial charge in [0.05, 0.1) is 6.61 Å². The molecule has 0 saturated carbocycles. The molecule has 3 heteroatoms. The first kappa shape index (κ1) is 16.3. The van der Waals surface area contributed by atoms with Gasteiger partial charge in [0.25, 0.3) is 0 Å². The van der Waals surface area contributed by atoms with E-state index in [2.05, 4.69) is 49.9 Å². The van der Waals surface area contributed by atoms with Crippen molar-refractivity contribution in [3.05, 3.63) is 29.8 Å². The van der Waals surface area contributed by atoms with E-state index >= 15 is 0 Å². The molecule has 1 aliphatic heterocycles. The van der Waals surface area contributed by atoms with Gasteiger partial charge in [0, 0.05) is 24.5 Å². The monoisotopic (exact) mass is 290 g/mol. The molecule has 2 atom stereocenters. The summed E-state index contributed by atoms with van der Waals surface area (Å²) >= 11 is 0. The third kappa shape index (κ3) is 3.58. The van der Waals surface area contributed by atoms with Crippen molar-refractivity contribution >= 4 is 0 Å². The summed E-state index contributed by atoms with van der Waals surface area (Å²) < 4.78 is 5.79. The van der Waals surface area contributed by atoms with Crippen LogP contribution in [0.1, 0.15) is 51.5 Å². The Kier molecular flexibility index (Phi) is 5.65. The van der Waals surface area contributed by atoms with E-state index in [9.17, 15) is 0 Å². The van der Waals surface area contributed by atoms with E-state index in [0.717, 1.165) is 38.3 Å². The molecule has 2 N–H and O–H groups in total. The number of fused-ring (bicyclic) bond motifs is 1. The second kappa shape index (κ2) is 7.28. The van der Waals surface area contributed by atoms with Crippen molar-refractivity contribution in [2.45, 2.75) is 51.5 Å². The zero-order valence-electron chi connectivity index (χ0n) is 13.8. The molecule has 2 unspecified atom stereocenters. The van der Waals surface area contributed by atoms with E-state index in [1.807, 2.05) is 0 Å². The number of nitrogens with two attached hydrogens (primary N) is 1. The minimum absolute atomic E-state index is 0.100. The fraction of sp³-hybridized carbons (Fsp3) is 0.667. The Hall–Kier alpha value is -1.06. The summed E-state index contributed by atoms with van der Waals surface area (Å²) in [7, 11) is 0. The number of hydrogen-bond acceptors (Lipinski definition) is 3. The van der Waals surface area contributed by atoms with Gasteiger partial charge in [0.1, 0.15) is 5.75 Å². The zero-order valence-corrected chi connectivity index (χ0v) is 13.8. The summed E-state index contributed by atoms with van der Waals surface area (Å²) in [5.41, 5.74) is 7.54. The summed E-state index contributed by atoms with van der Waals surface area (Å²) in [4.78, 5) is 2.60. The van der Waals surface area contributed by atoms with E-state index in [1.165, 1.54) is 12.0 Å². The molecule has 1 aliphatic rings. The number of benzene rings is 1. The number of para-hydroxylation sites is 1. The maximum absolute atomic E-state index is 6.08. The molecular weight excluding hydrogens is 260 g/mol. The molecule has 0 radical (unpaired) electrons. The molecule has 1 heterocycles. The van der Waals surface area contributed by atoms with Crippen LogP contribution < -0.4 is 10.5 Å². The highest BCUT2D eigenvalue weighted by atomic mass is 16.5. The average molecular weight is 290 g/mol. The molecule has 0 spiro atoms. The van der Waals surface area contributed by atoms with Crippen molar-refractivity contribution in [2.24, 2.45) is 5.73 Å². The van der Waals surface area contributed by atoms with Gasteiger partial charge in [-0.2, -0.15) is 0 Å². The molecule has 118 valence electrons. The molecule has 0 aromatic heterocycles. The van der Waals surface area contributed by atoms with Gasteiger partial charge in [-0.05, 0) is 44.4 Å². The van der Waals surface area contributed by atoms with Crippen LogP contribution in [0.15, 0.2) is 24.3 Å². The van der Waals surface area contributed by atoms with Crippen molar-refractivity contribution in [1.82, 2.24) is 4.90 Å². The smallest absolute Gasteiger partial charge is 0.122 e. The van der Waals surface area contributed by atoms with Crippen LogP contribution in [0.5, 0.6) is 5.75 Å². The van der Waals surface area contributed by atoms with E-state index in [0.29, 0.717) is 12.5 Å². The number of ether oxygens (including phenoxy) is 1. The molecule has 0 aliphatic carbocycles. The van der Waals surface area contributed by atoms with Crippen molar-refractivity contribution < 1.29 is 4.74 Å². The highest BCUT2D eigenvalue weighted by Gasteiger charge is 2.32. The number of rotatable bonds is 7. The topological polar surface area (TPSA) is 38.5 Å². The minimum atomic E-state index is 0.100. The molecule has 21 heavy (non-hydrogen) atoms. The maximum Gasteiger partial charge on any atom is 0.122 e. The third-order valence-electron chi connectivity index (χ3n) is 4.98. The van der Waals surface area contributed by atoms with E-state index in [4.69, 9.17) is 10.5 Å². The lowest BCUT2D eigenvalue weighted by Crippen LogP contribution is -2.53. The van der Waals surface area contributed by atoms with Crippen LogP contribution in [0.4, 0.5) is 0 Å². The van der Waals surface area contributed by atoms with Crippen LogP contribution in [0.25, 0.3) is 0 Å². The first-order valence-corrected chi connectivity index (χ1v) is 8.31. The molecule has 3 nitrogen and oxygen atoms in total. The Balaban J connectivity index is 2.18. The summed E-state index contributed by atoms with van der Waals surface area (Å²) in [6.45, 7) is 10.5. The molecule has 0 bridgehead atoms. The van der Waals surface area contributed by atoms with Crippen molar-refractivity contribution in [2.75, 3.05) is 26.2 Å². The van der Waals surface area contributed by atoms with Gasteiger partial charge >= 0.3 is 0 Å². The summed E-state index contributed by atoms with van der Waals surface area (Å²) in [5, 5.41) is 0. The number of nitrogens with zero attached hydrogens (tertiary/aromatic N) is 1. The average Bonchev–Trinajstić information content (AvgIpc) is 2.54. The van der Waals surface area contributed by atoms with Gasteiger partial charge in [-0.1, -0.05) is 32.0 Å². The van der Waals surface area contributed by atoms with Gasteiger partial charge < -0.3 is 10.5 Å². The van der Waals surface area contributed by atoms with Crippen molar-refractivity contribution in [3.63, 3.8) is 0 Å². The van der Waals surface area contributed by atoms with E-state index in [-0.39, 0.29) is 5.54 Å². The first-order chi connectivity index (χ1) is 10.1. The molecule has 0 saturated heterocycles. The minimum Gasteiger partial charge on any atom is -0.493 e. The second-order valence-electron chi connectivity index (χ2n) is 6.37. The third-order valence-corrected chi connectivity index (χ3v) is 4.98. The maximum atomic E-state index is 6.08. The van der Waals surface area contributed by atoms with Crippen LogP contribution >= 0.6 is 0 Å². The van der Waals surface area contributed by atoms with E-state index in [1.54, 1.807) is 0 Å². The quantitative estimate of drug-likeness (QED) is 0.836. The van der Waals surface area contributed by atoms with Gasteiger partial charge in [0.2, 0.25) is 0 Å². The second-order valence-corrected chi connectivity index (χ2v) is 6.37. The predicted molar refractivity (Wildman–Crippen MR) is 88.9 cm³/mol. The highest BCUT2D eigenvalue weighted by molar-refractivity contribution is 5.38. The Labute approximate surface area is 129 Å². The van der Waals surface area contributed by atoms with Gasteiger partial charge in [-0.15, -0.1) is 0 Å². The largest absolute Gasteiger partial charge is 0.493 e. The van der Waals surface area contributed by atoms with Crippen LogP contribution in [0.2, 0.25) is 0 Å². The van der Waals surface area contributed by atoms with Crippen LogP contribution in [0, 0.1) is 0 Å². The Morgan fingerprint density at radius 2 is 2.10 bits per heavy atom. The number of hydrogen-bond donors (Lipinski definition) is 1. The lowest BCUT2D eigenvalue weighted by Gasteiger charge is -2.43. The Bertz CT molecular complexity index is 443. The molecule has 0 fully saturated rings. The molecule has 0 amide bonds. The summed E-state index contributed by atoms with van der Waals surface area (Å²) in [6.07, 6.45) is 3.36. The van der Waals surface area contributed by atoms with Gasteiger partial charge in [-0.25, -0.2) is 0 Å². The zero-order chi connectivity index (χ0) is 15.3. The molecule has 1 aromatic carbocycles. The Morgan fingerprint density at radius 1 is 1.33 bits per heavy atom. The highest BCUT2D eigenvalue weighted by Crippen LogP contribution is 2.35. The van der Waals surface area contributed by atoms with E-state index < -0.39 is 0 Å². The molecule has 2 rings (SSSR count). The van der Waals surface area contributed by atoms with Crippen LogP contribution in [-0.4, -0.2) is 36.7 Å². The van der Waals surface area contributed by atoms with Crippen LogP contribution in [-0.2, 0) is 0 Å². The SMILES string of the molecule is CCCN(CC1CCOc2ccccc21)C(C)(CC)CN. The van der Waals surface area contributed by atoms with Crippen molar-refractivity contribution in [1.29, 1.82) is 0 Å². The fourth-order valence-electron chi connectivity index (χ4n) is 3.22. The lowest BCUT2D eigenvalue weighted by molar-refractivity contribution is 0.0901. The fourth-order valence-corrected chi connectivity index (χ4v) is 3.22. The van der Waals surface area contributed by atoms with Gasteiger partial charge in [0.15, 0.2) is 0 Å². The molecule has 1 aromatic rings. The van der Waals surface area contributed by atoms with Crippen molar-refractivity contribution in [3.8, 4) is 5.75 Å². The first-order valence-electron chi connectivity index (χ1n) is 8.31. The Morgan fingerprint density at radius 3 is 2.76 bits per heavy atom. The van der Waals surface area contributed by atoms with Crippen LogP contribution in [0.3, 0.4) is 0 Å². The summed E-state index contributed by atoms with van der Waals surface area (Å²) in [6, 6.07) is 8.48. The standard InChI is InChI=1S/C18H30N2O/c1-4-11-20(18(3,5-2)14-19)13-15-10-12-21-17-9-7-6-8-16(15)17/h6-9,15H,4-5,10-14,19H2,1-3H3. The normalized spacial score (nSPS) is 20.7.